The zero-order valence-electron chi connectivity index (χ0n) is 16.1. The van der Waals surface area contributed by atoms with Crippen molar-refractivity contribution in [2.24, 2.45) is 4.99 Å². The summed E-state index contributed by atoms with van der Waals surface area (Å²) in [5.41, 5.74) is 3.98. The number of rotatable bonds is 5. The number of halogens is 1. The summed E-state index contributed by atoms with van der Waals surface area (Å²) >= 11 is 3.58. The summed E-state index contributed by atoms with van der Waals surface area (Å²) < 4.78 is 8.46. The van der Waals surface area contributed by atoms with Gasteiger partial charge in [0.15, 0.2) is 11.5 Å². The van der Waals surface area contributed by atoms with E-state index in [4.69, 9.17) is 14.8 Å². The number of fused-ring (bicyclic) bond motifs is 1. The van der Waals surface area contributed by atoms with Gasteiger partial charge in [-0.1, -0.05) is 28.1 Å². The molecule has 1 aromatic carbocycles. The Labute approximate surface area is 177 Å². The van der Waals surface area contributed by atoms with E-state index in [2.05, 4.69) is 55.4 Å². The fourth-order valence-electron chi connectivity index (χ4n) is 3.82. The fourth-order valence-corrected chi connectivity index (χ4v) is 4.22. The van der Waals surface area contributed by atoms with Crippen molar-refractivity contribution in [1.82, 2.24) is 24.8 Å². The molecule has 29 heavy (non-hydrogen) atoms. The van der Waals surface area contributed by atoms with E-state index in [1.165, 1.54) is 0 Å². The van der Waals surface area contributed by atoms with E-state index in [1.807, 2.05) is 16.6 Å². The number of morpholine rings is 1. The molecule has 1 saturated heterocycles. The molecule has 2 aliphatic heterocycles. The van der Waals surface area contributed by atoms with Gasteiger partial charge in [-0.15, -0.1) is 0 Å². The van der Waals surface area contributed by atoms with Gasteiger partial charge >= 0.3 is 0 Å². The molecule has 1 N–H and O–H groups in total. The largest absolute Gasteiger partial charge is 0.379 e. The third kappa shape index (κ3) is 3.92. The van der Waals surface area contributed by atoms with E-state index in [1.54, 1.807) is 0 Å². The maximum absolute atomic E-state index is 5.45. The van der Waals surface area contributed by atoms with Crippen molar-refractivity contribution in [1.29, 1.82) is 0 Å². The second kappa shape index (κ2) is 8.22. The van der Waals surface area contributed by atoms with Crippen LogP contribution in [0.5, 0.6) is 0 Å². The molecule has 3 aromatic rings. The second-order valence-corrected chi connectivity index (χ2v) is 8.18. The number of hydrogen-bond donors (Lipinski definition) is 1. The normalized spacial score (nSPS) is 17.5. The highest BCUT2D eigenvalue weighted by Crippen LogP contribution is 2.25. The van der Waals surface area contributed by atoms with Crippen molar-refractivity contribution in [3.8, 4) is 11.3 Å². The summed E-state index contributed by atoms with van der Waals surface area (Å²) in [5, 5.41) is 8.25. The fraction of sp³-hybridized carbons (Fsp3) is 0.381. The van der Waals surface area contributed by atoms with E-state index in [9.17, 15) is 0 Å². The van der Waals surface area contributed by atoms with Crippen LogP contribution < -0.4 is 5.32 Å². The van der Waals surface area contributed by atoms with Gasteiger partial charge in [0.25, 0.3) is 0 Å². The smallest absolute Gasteiger partial charge is 0.167 e. The minimum Gasteiger partial charge on any atom is -0.379 e. The Bertz CT molecular complexity index is 1060. The third-order valence-corrected chi connectivity index (χ3v) is 5.83. The van der Waals surface area contributed by atoms with Crippen LogP contribution >= 0.6 is 15.9 Å². The standard InChI is InChI=1S/C21H23BrN6O/c22-16-3-1-2-15(14-16)18-5-4-17(20-23-7-8-24-20)21-25-19(26-28(18)21)6-9-27-10-12-29-13-11-27/h1-5,14H,6-13H2,(H,23,24). The molecule has 0 spiro atoms. The molecule has 0 bridgehead atoms. The zero-order valence-corrected chi connectivity index (χ0v) is 17.7. The summed E-state index contributed by atoms with van der Waals surface area (Å²) in [5.74, 6) is 1.77. The highest BCUT2D eigenvalue weighted by Gasteiger charge is 2.19. The number of benzene rings is 1. The average molecular weight is 455 g/mol. The summed E-state index contributed by atoms with van der Waals surface area (Å²) in [6.45, 7) is 6.18. The summed E-state index contributed by atoms with van der Waals surface area (Å²) in [6.07, 6.45) is 0.818. The van der Waals surface area contributed by atoms with E-state index in [-0.39, 0.29) is 0 Å². The molecular weight excluding hydrogens is 432 g/mol. The van der Waals surface area contributed by atoms with Gasteiger partial charge in [-0.05, 0) is 24.3 Å². The summed E-state index contributed by atoms with van der Waals surface area (Å²) in [4.78, 5) is 11.9. The number of nitrogens with one attached hydrogen (secondary N) is 1. The highest BCUT2D eigenvalue weighted by atomic mass is 79.9. The van der Waals surface area contributed by atoms with Crippen LogP contribution in [0, 0.1) is 0 Å². The predicted octanol–water partition coefficient (Wildman–Crippen LogP) is 2.38. The van der Waals surface area contributed by atoms with Gasteiger partial charge in [0.2, 0.25) is 0 Å². The summed E-state index contributed by atoms with van der Waals surface area (Å²) in [6, 6.07) is 12.5. The maximum Gasteiger partial charge on any atom is 0.167 e. The van der Waals surface area contributed by atoms with E-state index < -0.39 is 0 Å². The molecule has 0 atom stereocenters. The first-order valence-electron chi connectivity index (χ1n) is 10.0. The number of nitrogens with zero attached hydrogens (tertiary/aromatic N) is 5. The molecule has 1 fully saturated rings. The number of amidine groups is 1. The topological polar surface area (TPSA) is 67.0 Å². The first-order chi connectivity index (χ1) is 14.3. The molecule has 150 valence electrons. The number of hydrogen-bond acceptors (Lipinski definition) is 6. The monoisotopic (exact) mass is 454 g/mol. The van der Waals surface area contributed by atoms with Crippen LogP contribution in [0.15, 0.2) is 45.9 Å². The van der Waals surface area contributed by atoms with E-state index in [0.717, 1.165) is 91.0 Å². The number of pyridine rings is 1. The van der Waals surface area contributed by atoms with E-state index in [0.29, 0.717) is 0 Å². The summed E-state index contributed by atoms with van der Waals surface area (Å²) in [7, 11) is 0. The number of aromatic nitrogens is 3. The minimum absolute atomic E-state index is 0.799. The number of aliphatic imine (C=N–C) groups is 1. The lowest BCUT2D eigenvalue weighted by Crippen LogP contribution is -2.37. The molecule has 4 heterocycles. The molecule has 2 aromatic heterocycles. The molecule has 5 rings (SSSR count). The second-order valence-electron chi connectivity index (χ2n) is 7.27. The van der Waals surface area contributed by atoms with Crippen molar-refractivity contribution < 1.29 is 4.74 Å². The van der Waals surface area contributed by atoms with Crippen LogP contribution in [-0.2, 0) is 11.2 Å². The Balaban J connectivity index is 1.53. The minimum atomic E-state index is 0.799. The lowest BCUT2D eigenvalue weighted by atomic mass is 10.1. The van der Waals surface area contributed by atoms with Crippen molar-refractivity contribution in [2.45, 2.75) is 6.42 Å². The maximum atomic E-state index is 5.45. The van der Waals surface area contributed by atoms with Gasteiger partial charge in [0, 0.05) is 42.6 Å². The predicted molar refractivity (Wildman–Crippen MR) is 116 cm³/mol. The van der Waals surface area contributed by atoms with Crippen LogP contribution in [0.3, 0.4) is 0 Å². The van der Waals surface area contributed by atoms with Crippen molar-refractivity contribution >= 4 is 27.4 Å². The van der Waals surface area contributed by atoms with Gasteiger partial charge in [-0.2, -0.15) is 5.10 Å². The molecule has 8 heteroatoms. The van der Waals surface area contributed by atoms with Crippen LogP contribution in [0.4, 0.5) is 0 Å². The van der Waals surface area contributed by atoms with Crippen LogP contribution in [0.2, 0.25) is 0 Å². The quantitative estimate of drug-likeness (QED) is 0.640. The Morgan fingerprint density at radius 2 is 2.03 bits per heavy atom. The van der Waals surface area contributed by atoms with Gasteiger partial charge < -0.3 is 10.1 Å². The average Bonchev–Trinajstić information content (AvgIpc) is 3.42. The van der Waals surface area contributed by atoms with Crippen LogP contribution in [-0.4, -0.2) is 71.3 Å². The van der Waals surface area contributed by atoms with E-state index >= 15 is 0 Å². The first-order valence-corrected chi connectivity index (χ1v) is 10.8. The van der Waals surface area contributed by atoms with Gasteiger partial charge in [0.05, 0.1) is 31.0 Å². The van der Waals surface area contributed by atoms with Gasteiger partial charge in [-0.3, -0.25) is 9.89 Å². The molecule has 0 aliphatic carbocycles. The lowest BCUT2D eigenvalue weighted by Gasteiger charge is -2.25. The number of ether oxygens (including phenoxy) is 1. The van der Waals surface area contributed by atoms with Crippen LogP contribution in [0.1, 0.15) is 11.4 Å². The third-order valence-electron chi connectivity index (χ3n) is 5.33. The van der Waals surface area contributed by atoms with Gasteiger partial charge in [0.1, 0.15) is 5.84 Å². The molecule has 2 aliphatic rings. The Morgan fingerprint density at radius 3 is 2.83 bits per heavy atom. The van der Waals surface area contributed by atoms with Crippen molar-refractivity contribution in [3.63, 3.8) is 0 Å². The Morgan fingerprint density at radius 1 is 1.14 bits per heavy atom. The molecule has 0 amide bonds. The van der Waals surface area contributed by atoms with Crippen LogP contribution in [0.25, 0.3) is 16.9 Å². The molecule has 0 unspecified atom stereocenters. The molecule has 0 saturated carbocycles. The van der Waals surface area contributed by atoms with Crippen molar-refractivity contribution in [2.75, 3.05) is 45.9 Å². The van der Waals surface area contributed by atoms with Gasteiger partial charge in [-0.25, -0.2) is 9.50 Å². The Hall–Kier alpha value is -2.29. The Kier molecular flexibility index (Phi) is 5.30. The zero-order chi connectivity index (χ0) is 19.6. The lowest BCUT2D eigenvalue weighted by molar-refractivity contribution is 0.0382. The molecular formula is C21H23BrN6O. The SMILES string of the molecule is Brc1cccc(-c2ccc(C3=NCCN3)c3nc(CCN4CCOCC4)nn23)c1. The highest BCUT2D eigenvalue weighted by molar-refractivity contribution is 9.10. The molecule has 7 nitrogen and oxygen atoms in total. The first kappa shape index (κ1) is 18.7. The van der Waals surface area contributed by atoms with Crippen molar-refractivity contribution in [3.05, 3.63) is 52.3 Å². The molecule has 0 radical (unpaired) electrons.